The maximum absolute atomic E-state index is 13.5. The Morgan fingerprint density at radius 2 is 1.67 bits per heavy atom. The molecule has 33 heavy (non-hydrogen) atoms. The first-order valence-corrected chi connectivity index (χ1v) is 12.4. The summed E-state index contributed by atoms with van der Waals surface area (Å²) in [6.07, 6.45) is 2.37. The fourth-order valence-corrected chi connectivity index (χ4v) is 5.98. The molecule has 2 aromatic rings. The second-order valence-corrected chi connectivity index (χ2v) is 10.6. The number of methoxy groups -OCH3 is 1. The number of halogens is 2. The van der Waals surface area contributed by atoms with E-state index in [1.54, 1.807) is 30.3 Å². The van der Waals surface area contributed by atoms with Gasteiger partial charge in [0.05, 0.1) is 12.0 Å². The molecule has 0 spiro atoms. The van der Waals surface area contributed by atoms with Crippen LogP contribution in [0.25, 0.3) is 0 Å². The standard InChI is InChI=1S/C22H25Cl2N2O5S.Na/c1-31-17-9-11-18(12-10-17)32(29,30)26(14-19-20(23)3-2-4-21(19)24)13-15-5-7-16(8-6-15)22(27)25-28;/h2-4,9-12,15-16H,5-8,13-14H2,1H3,(H-,25,27,28);/q-1;+1. The average molecular weight is 523 g/mol. The summed E-state index contributed by atoms with van der Waals surface area (Å²) in [4.78, 5) is 11.8. The van der Waals surface area contributed by atoms with Crippen LogP contribution in [0, 0.1) is 17.0 Å². The number of nitrogens with zero attached hydrogens (tertiary/aromatic N) is 1. The van der Waals surface area contributed by atoms with Gasteiger partial charge in [-0.15, -0.1) is 0 Å². The van der Waals surface area contributed by atoms with Crippen LogP contribution in [0.3, 0.4) is 0 Å². The molecule has 2 aromatic carbocycles. The van der Waals surface area contributed by atoms with E-state index in [1.807, 2.05) is 0 Å². The van der Waals surface area contributed by atoms with E-state index in [9.17, 15) is 18.4 Å². The summed E-state index contributed by atoms with van der Waals surface area (Å²) in [7, 11) is -2.35. The van der Waals surface area contributed by atoms with E-state index >= 15 is 0 Å². The Balaban J connectivity index is 0.00000385. The van der Waals surface area contributed by atoms with E-state index in [0.717, 1.165) is 0 Å². The normalized spacial score (nSPS) is 18.5. The van der Waals surface area contributed by atoms with Crippen molar-refractivity contribution in [3.63, 3.8) is 0 Å². The van der Waals surface area contributed by atoms with Crippen LogP contribution in [0.2, 0.25) is 10.0 Å². The van der Waals surface area contributed by atoms with Gasteiger partial charge in [0.25, 0.3) is 0 Å². The number of hydrogen-bond acceptors (Lipinski definition) is 5. The second-order valence-electron chi connectivity index (χ2n) is 7.86. The van der Waals surface area contributed by atoms with Crippen LogP contribution in [0.1, 0.15) is 31.2 Å². The van der Waals surface area contributed by atoms with E-state index in [2.05, 4.69) is 0 Å². The van der Waals surface area contributed by atoms with Crippen LogP contribution < -0.4 is 39.8 Å². The Morgan fingerprint density at radius 3 is 2.18 bits per heavy atom. The number of nitrogens with one attached hydrogen (secondary N) is 1. The first-order chi connectivity index (χ1) is 15.3. The molecule has 1 saturated carbocycles. The molecule has 0 atom stereocenters. The van der Waals surface area contributed by atoms with Crippen molar-refractivity contribution >= 4 is 39.1 Å². The number of carbonyl (C=O) groups excluding carboxylic acids is 1. The fourth-order valence-electron chi connectivity index (χ4n) is 3.98. The van der Waals surface area contributed by atoms with Crippen molar-refractivity contribution in [2.45, 2.75) is 37.1 Å². The van der Waals surface area contributed by atoms with Crippen molar-refractivity contribution in [2.24, 2.45) is 11.8 Å². The van der Waals surface area contributed by atoms with Crippen molar-refractivity contribution in [3.8, 4) is 5.75 Å². The summed E-state index contributed by atoms with van der Waals surface area (Å²) in [5.74, 6) is -0.234. The molecule has 1 amide bonds. The van der Waals surface area contributed by atoms with Crippen LogP contribution in [0.15, 0.2) is 47.4 Å². The first kappa shape index (κ1) is 28.4. The van der Waals surface area contributed by atoms with Crippen LogP contribution in [0.5, 0.6) is 5.75 Å². The Bertz CT molecular complexity index is 1030. The zero-order valence-corrected chi connectivity index (χ0v) is 22.9. The molecule has 11 heteroatoms. The number of hydrogen-bond donors (Lipinski definition) is 1. The summed E-state index contributed by atoms with van der Waals surface area (Å²) < 4.78 is 33.6. The average Bonchev–Trinajstić information content (AvgIpc) is 2.80. The predicted octanol–water partition coefficient (Wildman–Crippen LogP) is 1.62. The predicted molar refractivity (Wildman–Crippen MR) is 124 cm³/mol. The molecule has 0 heterocycles. The number of carbonyl (C=O) groups is 1. The molecule has 174 valence electrons. The molecule has 0 aliphatic heterocycles. The third-order valence-electron chi connectivity index (χ3n) is 5.87. The number of sulfonamides is 1. The first-order valence-electron chi connectivity index (χ1n) is 10.2. The molecule has 0 saturated heterocycles. The largest absolute Gasteiger partial charge is 1.00 e. The molecule has 1 aliphatic carbocycles. The van der Waals surface area contributed by atoms with Crippen molar-refractivity contribution in [1.82, 2.24) is 9.79 Å². The Kier molecular flexibility index (Phi) is 11.0. The van der Waals surface area contributed by atoms with E-state index in [-0.39, 0.29) is 59.4 Å². The Labute approximate surface area is 226 Å². The molecule has 0 bridgehead atoms. The minimum Gasteiger partial charge on any atom is -0.759 e. The number of ether oxygens (including phenoxy) is 1. The van der Waals surface area contributed by atoms with Gasteiger partial charge in [0, 0.05) is 34.6 Å². The zero-order valence-electron chi connectivity index (χ0n) is 18.6. The fraction of sp³-hybridized carbons (Fsp3) is 0.409. The maximum Gasteiger partial charge on any atom is 1.00 e. The summed E-state index contributed by atoms with van der Waals surface area (Å²) in [6.45, 7) is 0.273. The van der Waals surface area contributed by atoms with Gasteiger partial charge in [-0.3, -0.25) is 4.79 Å². The van der Waals surface area contributed by atoms with E-state index in [4.69, 9.17) is 27.9 Å². The van der Waals surface area contributed by atoms with Gasteiger partial charge in [0.1, 0.15) is 5.75 Å². The third kappa shape index (κ3) is 7.08. The van der Waals surface area contributed by atoms with Gasteiger partial charge in [0.2, 0.25) is 15.9 Å². The van der Waals surface area contributed by atoms with E-state index < -0.39 is 15.9 Å². The Hall–Kier alpha value is -0.840. The van der Waals surface area contributed by atoms with Crippen molar-refractivity contribution in [1.29, 1.82) is 0 Å². The van der Waals surface area contributed by atoms with Gasteiger partial charge < -0.3 is 15.4 Å². The van der Waals surface area contributed by atoms with Crippen molar-refractivity contribution in [2.75, 3.05) is 13.7 Å². The molecule has 1 aliphatic rings. The van der Waals surface area contributed by atoms with Crippen LogP contribution in [0.4, 0.5) is 0 Å². The molecule has 0 aromatic heterocycles. The van der Waals surface area contributed by atoms with Gasteiger partial charge in [-0.25, -0.2) is 8.42 Å². The monoisotopic (exact) mass is 522 g/mol. The molecule has 1 N–H and O–H groups in total. The van der Waals surface area contributed by atoms with Crippen molar-refractivity contribution < 1.29 is 47.5 Å². The number of hydroxylamine groups is 1. The van der Waals surface area contributed by atoms with Crippen LogP contribution in [-0.4, -0.2) is 32.3 Å². The number of benzene rings is 2. The molecular weight excluding hydrogens is 498 g/mol. The Morgan fingerprint density at radius 1 is 1.09 bits per heavy atom. The van der Waals surface area contributed by atoms with E-state index in [1.165, 1.54) is 29.0 Å². The quantitative estimate of drug-likeness (QED) is 0.419. The molecule has 0 unspecified atom stereocenters. The van der Waals surface area contributed by atoms with Gasteiger partial charge in [0.15, 0.2) is 0 Å². The molecule has 1 fully saturated rings. The maximum atomic E-state index is 13.5. The van der Waals surface area contributed by atoms with Gasteiger partial charge in [-0.05, 0) is 68.0 Å². The van der Waals surface area contributed by atoms with Gasteiger partial charge in [-0.2, -0.15) is 4.31 Å². The minimum absolute atomic E-state index is 0. The minimum atomic E-state index is -3.86. The molecule has 0 radical (unpaired) electrons. The van der Waals surface area contributed by atoms with Crippen molar-refractivity contribution in [3.05, 3.63) is 63.3 Å². The SMILES string of the molecule is COc1ccc(S(=O)(=O)N(Cc2c(Cl)cccc2Cl)CC2CCC(C(=O)N[O-])CC2)cc1.[Na+]. The van der Waals surface area contributed by atoms with E-state index in [0.29, 0.717) is 47.0 Å². The topological polar surface area (TPSA) is 98.8 Å². The zero-order chi connectivity index (χ0) is 23.3. The summed E-state index contributed by atoms with van der Waals surface area (Å²) in [5.41, 5.74) is 1.99. The molecule has 3 rings (SSSR count). The second kappa shape index (κ2) is 12.7. The number of amides is 1. The van der Waals surface area contributed by atoms with Gasteiger partial charge in [-0.1, -0.05) is 29.3 Å². The summed E-state index contributed by atoms with van der Waals surface area (Å²) >= 11 is 12.7. The van der Waals surface area contributed by atoms with Crippen LogP contribution >= 0.6 is 23.2 Å². The smallest absolute Gasteiger partial charge is 0.759 e. The summed E-state index contributed by atoms with van der Waals surface area (Å²) in [6, 6.07) is 11.3. The molecular formula is C22H25Cl2N2NaO5S. The third-order valence-corrected chi connectivity index (χ3v) is 8.41. The van der Waals surface area contributed by atoms with Gasteiger partial charge >= 0.3 is 29.6 Å². The summed E-state index contributed by atoms with van der Waals surface area (Å²) in [5, 5.41) is 11.5. The number of rotatable bonds is 8. The molecule has 7 nitrogen and oxygen atoms in total. The van der Waals surface area contributed by atoms with Crippen LogP contribution in [-0.2, 0) is 21.4 Å².